The van der Waals surface area contributed by atoms with Crippen LogP contribution in [-0.2, 0) is 4.74 Å². The van der Waals surface area contributed by atoms with E-state index in [0.717, 1.165) is 26.2 Å². The minimum absolute atomic E-state index is 0.574. The summed E-state index contributed by atoms with van der Waals surface area (Å²) in [5, 5.41) is 3.50. The molecular weight excluding hydrogens is 174 g/mol. The molecule has 1 saturated carbocycles. The van der Waals surface area contributed by atoms with Crippen LogP contribution in [0.3, 0.4) is 0 Å². The Labute approximate surface area is 88.4 Å². The summed E-state index contributed by atoms with van der Waals surface area (Å²) < 4.78 is 5.42. The van der Waals surface area contributed by atoms with Crippen molar-refractivity contribution in [3.05, 3.63) is 0 Å². The average Bonchev–Trinajstić information content (AvgIpc) is 2.59. The van der Waals surface area contributed by atoms with Crippen LogP contribution >= 0.6 is 0 Å². The summed E-state index contributed by atoms with van der Waals surface area (Å²) in [5.74, 6) is 0. The Balaban J connectivity index is 1.92. The molecule has 0 aromatic rings. The fourth-order valence-electron chi connectivity index (χ4n) is 2.19. The van der Waals surface area contributed by atoms with Gasteiger partial charge in [0.25, 0.3) is 0 Å². The minimum atomic E-state index is 0.574. The van der Waals surface area contributed by atoms with E-state index in [2.05, 4.69) is 19.2 Å². The highest BCUT2D eigenvalue weighted by Gasteiger charge is 2.27. The van der Waals surface area contributed by atoms with Gasteiger partial charge in [0.05, 0.1) is 6.61 Å². The van der Waals surface area contributed by atoms with Crippen molar-refractivity contribution in [1.29, 1.82) is 0 Å². The fraction of sp³-hybridized carbons (Fsp3) is 1.00. The molecule has 0 radical (unpaired) electrons. The van der Waals surface area contributed by atoms with Crippen molar-refractivity contribution in [1.82, 2.24) is 5.32 Å². The van der Waals surface area contributed by atoms with Gasteiger partial charge in [-0.1, -0.05) is 26.7 Å². The maximum atomic E-state index is 5.42. The lowest BCUT2D eigenvalue weighted by atomic mass is 9.89. The molecule has 2 heteroatoms. The third-order valence-electron chi connectivity index (χ3n) is 3.13. The Morgan fingerprint density at radius 1 is 1.21 bits per heavy atom. The summed E-state index contributed by atoms with van der Waals surface area (Å²) in [4.78, 5) is 0. The zero-order valence-corrected chi connectivity index (χ0v) is 9.77. The van der Waals surface area contributed by atoms with Crippen LogP contribution in [0.15, 0.2) is 0 Å². The van der Waals surface area contributed by atoms with E-state index in [-0.39, 0.29) is 0 Å². The molecule has 1 N–H and O–H groups in total. The first kappa shape index (κ1) is 12.0. The normalized spacial score (nSPS) is 20.1. The standard InChI is InChI=1S/C12H25NO/c1-3-9-14-10-8-13-11-12(2)6-4-5-7-12/h13H,3-11H2,1-2H3. The zero-order valence-electron chi connectivity index (χ0n) is 9.77. The van der Waals surface area contributed by atoms with Gasteiger partial charge >= 0.3 is 0 Å². The summed E-state index contributed by atoms with van der Waals surface area (Å²) in [6.07, 6.45) is 6.76. The molecule has 0 heterocycles. The predicted molar refractivity (Wildman–Crippen MR) is 60.6 cm³/mol. The molecule has 84 valence electrons. The van der Waals surface area contributed by atoms with Gasteiger partial charge in [-0.3, -0.25) is 0 Å². The molecule has 14 heavy (non-hydrogen) atoms. The smallest absolute Gasteiger partial charge is 0.0590 e. The van der Waals surface area contributed by atoms with E-state index in [0.29, 0.717) is 5.41 Å². The van der Waals surface area contributed by atoms with E-state index in [9.17, 15) is 0 Å². The maximum Gasteiger partial charge on any atom is 0.0590 e. The van der Waals surface area contributed by atoms with Gasteiger partial charge in [0.1, 0.15) is 0 Å². The lowest BCUT2D eigenvalue weighted by molar-refractivity contribution is 0.133. The summed E-state index contributed by atoms with van der Waals surface area (Å²) in [6, 6.07) is 0. The summed E-state index contributed by atoms with van der Waals surface area (Å²) in [7, 11) is 0. The van der Waals surface area contributed by atoms with Crippen molar-refractivity contribution in [3.63, 3.8) is 0 Å². The van der Waals surface area contributed by atoms with Gasteiger partial charge in [0.2, 0.25) is 0 Å². The lowest BCUT2D eigenvalue weighted by Crippen LogP contribution is -2.31. The van der Waals surface area contributed by atoms with Crippen molar-refractivity contribution >= 4 is 0 Å². The number of rotatable bonds is 7. The number of ether oxygens (including phenoxy) is 1. The van der Waals surface area contributed by atoms with Crippen LogP contribution in [0.2, 0.25) is 0 Å². The van der Waals surface area contributed by atoms with Crippen LogP contribution < -0.4 is 5.32 Å². The Kier molecular flexibility index (Phi) is 5.49. The first-order valence-corrected chi connectivity index (χ1v) is 6.05. The van der Waals surface area contributed by atoms with E-state index >= 15 is 0 Å². The second kappa shape index (κ2) is 6.41. The molecular formula is C12H25NO. The molecule has 0 aliphatic heterocycles. The predicted octanol–water partition coefficient (Wildman–Crippen LogP) is 2.58. The molecule has 2 nitrogen and oxygen atoms in total. The lowest BCUT2D eigenvalue weighted by Gasteiger charge is -2.23. The molecule has 0 spiro atoms. The van der Waals surface area contributed by atoms with Gasteiger partial charge in [0.15, 0.2) is 0 Å². The van der Waals surface area contributed by atoms with Crippen LogP contribution in [0, 0.1) is 5.41 Å². The van der Waals surface area contributed by atoms with Crippen molar-refractivity contribution in [2.75, 3.05) is 26.3 Å². The highest BCUT2D eigenvalue weighted by molar-refractivity contribution is 4.82. The summed E-state index contributed by atoms with van der Waals surface area (Å²) >= 11 is 0. The van der Waals surface area contributed by atoms with E-state index in [1.165, 1.54) is 32.2 Å². The van der Waals surface area contributed by atoms with Gasteiger partial charge in [0, 0.05) is 19.7 Å². The van der Waals surface area contributed by atoms with E-state index in [4.69, 9.17) is 4.74 Å². The van der Waals surface area contributed by atoms with E-state index < -0.39 is 0 Å². The SMILES string of the molecule is CCCOCCNCC1(C)CCCC1. The van der Waals surface area contributed by atoms with Crippen LogP contribution in [-0.4, -0.2) is 26.3 Å². The Morgan fingerprint density at radius 2 is 1.93 bits per heavy atom. The highest BCUT2D eigenvalue weighted by Crippen LogP contribution is 2.36. The molecule has 0 aromatic heterocycles. The summed E-state index contributed by atoms with van der Waals surface area (Å²) in [5.41, 5.74) is 0.574. The molecule has 1 fully saturated rings. The van der Waals surface area contributed by atoms with Crippen LogP contribution in [0.1, 0.15) is 46.0 Å². The topological polar surface area (TPSA) is 21.3 Å². The van der Waals surface area contributed by atoms with Gasteiger partial charge in [-0.15, -0.1) is 0 Å². The zero-order chi connectivity index (χ0) is 10.3. The van der Waals surface area contributed by atoms with Crippen molar-refractivity contribution in [2.45, 2.75) is 46.0 Å². The highest BCUT2D eigenvalue weighted by atomic mass is 16.5. The monoisotopic (exact) mass is 199 g/mol. The molecule has 0 bridgehead atoms. The number of hydrogen-bond donors (Lipinski definition) is 1. The summed E-state index contributed by atoms with van der Waals surface area (Å²) in [6.45, 7) is 8.49. The quantitative estimate of drug-likeness (QED) is 0.636. The average molecular weight is 199 g/mol. The van der Waals surface area contributed by atoms with Crippen LogP contribution in [0.25, 0.3) is 0 Å². The third kappa shape index (κ3) is 4.43. The minimum Gasteiger partial charge on any atom is -0.380 e. The fourth-order valence-corrected chi connectivity index (χ4v) is 2.19. The maximum absolute atomic E-state index is 5.42. The van der Waals surface area contributed by atoms with Gasteiger partial charge < -0.3 is 10.1 Å². The van der Waals surface area contributed by atoms with Crippen LogP contribution in [0.5, 0.6) is 0 Å². The molecule has 1 rings (SSSR count). The molecule has 0 amide bonds. The van der Waals surface area contributed by atoms with E-state index in [1.807, 2.05) is 0 Å². The van der Waals surface area contributed by atoms with Crippen molar-refractivity contribution in [2.24, 2.45) is 5.41 Å². The second-order valence-electron chi connectivity index (χ2n) is 4.81. The second-order valence-corrected chi connectivity index (χ2v) is 4.81. The van der Waals surface area contributed by atoms with Gasteiger partial charge in [-0.2, -0.15) is 0 Å². The molecule has 0 aromatic carbocycles. The third-order valence-corrected chi connectivity index (χ3v) is 3.13. The van der Waals surface area contributed by atoms with Crippen molar-refractivity contribution < 1.29 is 4.74 Å². The number of nitrogens with one attached hydrogen (secondary N) is 1. The Bertz CT molecular complexity index is 141. The van der Waals surface area contributed by atoms with Crippen LogP contribution in [0.4, 0.5) is 0 Å². The van der Waals surface area contributed by atoms with Gasteiger partial charge in [-0.25, -0.2) is 0 Å². The Morgan fingerprint density at radius 3 is 2.57 bits per heavy atom. The Hall–Kier alpha value is -0.0800. The molecule has 1 aliphatic carbocycles. The van der Waals surface area contributed by atoms with E-state index in [1.54, 1.807) is 0 Å². The first-order chi connectivity index (χ1) is 6.77. The largest absolute Gasteiger partial charge is 0.380 e. The number of hydrogen-bond acceptors (Lipinski definition) is 2. The van der Waals surface area contributed by atoms with Gasteiger partial charge in [-0.05, 0) is 24.7 Å². The molecule has 0 atom stereocenters. The van der Waals surface area contributed by atoms with Crippen molar-refractivity contribution in [3.8, 4) is 0 Å². The molecule has 0 saturated heterocycles. The molecule has 0 unspecified atom stereocenters. The first-order valence-electron chi connectivity index (χ1n) is 6.05. The molecule has 1 aliphatic rings.